The van der Waals surface area contributed by atoms with Gasteiger partial charge >= 0.3 is 0 Å². The van der Waals surface area contributed by atoms with Crippen LogP contribution < -0.4 is 9.64 Å². The number of anilines is 1. The predicted molar refractivity (Wildman–Crippen MR) is 95.2 cm³/mol. The quantitative estimate of drug-likeness (QED) is 0.547. The van der Waals surface area contributed by atoms with Gasteiger partial charge in [0.05, 0.1) is 19.8 Å². The molecule has 0 atom stereocenters. The maximum atomic E-state index is 5.92. The summed E-state index contributed by atoms with van der Waals surface area (Å²) in [5, 5.41) is 10.2. The van der Waals surface area contributed by atoms with E-state index in [1.165, 1.54) is 0 Å². The molecule has 1 aromatic heterocycles. The lowest BCUT2D eigenvalue weighted by Gasteiger charge is -2.25. The highest BCUT2D eigenvalue weighted by molar-refractivity contribution is 8.01. The van der Waals surface area contributed by atoms with E-state index >= 15 is 0 Å². The number of aromatic nitrogens is 2. The van der Waals surface area contributed by atoms with Crippen molar-refractivity contribution in [2.75, 3.05) is 43.6 Å². The van der Waals surface area contributed by atoms with Crippen LogP contribution in [0.15, 0.2) is 28.6 Å². The Morgan fingerprint density at radius 2 is 2.17 bits per heavy atom. The third kappa shape index (κ3) is 5.24. The van der Waals surface area contributed by atoms with Gasteiger partial charge in [0.25, 0.3) is 0 Å². The van der Waals surface area contributed by atoms with E-state index in [4.69, 9.17) is 21.1 Å². The molecule has 5 nitrogen and oxygen atoms in total. The zero-order chi connectivity index (χ0) is 15.9. The standard InChI is InChI=1S/C15H18ClN3O2S2/c16-12-3-1-4-13(11-12)21-7-2-10-22-15-18-17-14(23-15)19-5-8-20-9-6-19/h1,3-4,11H,2,5-10H2. The fourth-order valence-corrected chi connectivity index (χ4v) is 4.16. The molecule has 0 saturated carbocycles. The Morgan fingerprint density at radius 1 is 1.30 bits per heavy atom. The van der Waals surface area contributed by atoms with Crippen LogP contribution in [0.5, 0.6) is 5.75 Å². The van der Waals surface area contributed by atoms with E-state index in [1.807, 2.05) is 24.3 Å². The Kier molecular flexibility index (Phi) is 6.38. The highest BCUT2D eigenvalue weighted by Crippen LogP contribution is 2.28. The van der Waals surface area contributed by atoms with E-state index in [2.05, 4.69) is 15.1 Å². The maximum absolute atomic E-state index is 5.92. The van der Waals surface area contributed by atoms with Crippen LogP contribution in [0.1, 0.15) is 6.42 Å². The molecular formula is C15H18ClN3O2S2. The molecule has 1 fully saturated rings. The number of ether oxygens (including phenoxy) is 2. The first-order valence-corrected chi connectivity index (χ1v) is 9.66. The highest BCUT2D eigenvalue weighted by Gasteiger charge is 2.15. The van der Waals surface area contributed by atoms with Crippen LogP contribution in [0.25, 0.3) is 0 Å². The van der Waals surface area contributed by atoms with E-state index in [9.17, 15) is 0 Å². The molecule has 8 heteroatoms. The number of halogens is 1. The second kappa shape index (κ2) is 8.73. The number of hydrogen-bond acceptors (Lipinski definition) is 7. The minimum atomic E-state index is 0.669. The van der Waals surface area contributed by atoms with Crippen LogP contribution >= 0.6 is 34.7 Å². The zero-order valence-corrected chi connectivity index (χ0v) is 15.0. The number of nitrogens with zero attached hydrogens (tertiary/aromatic N) is 3. The van der Waals surface area contributed by atoms with Crippen molar-refractivity contribution in [2.45, 2.75) is 10.8 Å². The molecule has 0 bridgehead atoms. The summed E-state index contributed by atoms with van der Waals surface area (Å²) in [6.07, 6.45) is 0.948. The van der Waals surface area contributed by atoms with E-state index in [-0.39, 0.29) is 0 Å². The van der Waals surface area contributed by atoms with Crippen molar-refractivity contribution in [2.24, 2.45) is 0 Å². The van der Waals surface area contributed by atoms with Crippen LogP contribution in [-0.2, 0) is 4.74 Å². The summed E-state index contributed by atoms with van der Waals surface area (Å²) < 4.78 is 12.0. The third-order valence-corrected chi connectivity index (χ3v) is 5.70. The molecule has 124 valence electrons. The van der Waals surface area contributed by atoms with Crippen LogP contribution in [0.2, 0.25) is 5.02 Å². The van der Waals surface area contributed by atoms with Crippen molar-refractivity contribution in [3.63, 3.8) is 0 Å². The first-order chi connectivity index (χ1) is 11.3. The number of benzene rings is 1. The lowest BCUT2D eigenvalue weighted by Crippen LogP contribution is -2.36. The average molecular weight is 372 g/mol. The van der Waals surface area contributed by atoms with Gasteiger partial charge in [-0.05, 0) is 24.6 Å². The molecular weight excluding hydrogens is 354 g/mol. The van der Waals surface area contributed by atoms with Crippen LogP contribution in [0, 0.1) is 0 Å². The molecule has 0 unspecified atom stereocenters. The smallest absolute Gasteiger partial charge is 0.209 e. The first-order valence-electron chi connectivity index (χ1n) is 7.48. The molecule has 0 spiro atoms. The Labute approximate surface area is 148 Å². The minimum Gasteiger partial charge on any atom is -0.494 e. The zero-order valence-electron chi connectivity index (χ0n) is 12.6. The van der Waals surface area contributed by atoms with Crippen molar-refractivity contribution in [1.29, 1.82) is 0 Å². The van der Waals surface area contributed by atoms with Crippen molar-refractivity contribution in [3.8, 4) is 5.75 Å². The lowest BCUT2D eigenvalue weighted by atomic mass is 10.3. The van der Waals surface area contributed by atoms with Crippen molar-refractivity contribution in [3.05, 3.63) is 29.3 Å². The summed E-state index contributed by atoms with van der Waals surface area (Å²) in [5.74, 6) is 1.77. The molecule has 3 rings (SSSR count). The van der Waals surface area contributed by atoms with Crippen molar-refractivity contribution >= 4 is 39.8 Å². The molecule has 2 aromatic rings. The fraction of sp³-hybridized carbons (Fsp3) is 0.467. The first kappa shape index (κ1) is 16.8. The fourth-order valence-electron chi connectivity index (χ4n) is 2.11. The van der Waals surface area contributed by atoms with Gasteiger partial charge in [0, 0.05) is 23.9 Å². The summed E-state index contributed by atoms with van der Waals surface area (Å²) in [6.45, 7) is 3.99. The highest BCUT2D eigenvalue weighted by atomic mass is 35.5. The van der Waals surface area contributed by atoms with Gasteiger partial charge in [-0.15, -0.1) is 10.2 Å². The molecule has 0 N–H and O–H groups in total. The maximum Gasteiger partial charge on any atom is 0.209 e. The van der Waals surface area contributed by atoms with Gasteiger partial charge in [-0.3, -0.25) is 0 Å². The van der Waals surface area contributed by atoms with Gasteiger partial charge in [-0.2, -0.15) is 0 Å². The van der Waals surface area contributed by atoms with Gasteiger partial charge in [0.15, 0.2) is 4.34 Å². The predicted octanol–water partition coefficient (Wildman–Crippen LogP) is 3.59. The molecule has 0 amide bonds. The number of rotatable bonds is 7. The Morgan fingerprint density at radius 3 is 3.00 bits per heavy atom. The van der Waals surface area contributed by atoms with Crippen LogP contribution in [0.3, 0.4) is 0 Å². The summed E-state index contributed by atoms with van der Waals surface area (Å²) >= 11 is 9.29. The van der Waals surface area contributed by atoms with Gasteiger partial charge in [-0.25, -0.2) is 0 Å². The monoisotopic (exact) mass is 371 g/mol. The largest absolute Gasteiger partial charge is 0.494 e. The molecule has 1 aliphatic rings. The van der Waals surface area contributed by atoms with E-state index < -0.39 is 0 Å². The number of thioether (sulfide) groups is 1. The average Bonchev–Trinajstić information content (AvgIpc) is 3.04. The normalized spacial score (nSPS) is 14.9. The molecule has 23 heavy (non-hydrogen) atoms. The minimum absolute atomic E-state index is 0.669. The third-order valence-electron chi connectivity index (χ3n) is 3.26. The Hall–Kier alpha value is -1.02. The number of hydrogen-bond donors (Lipinski definition) is 0. The molecule has 0 radical (unpaired) electrons. The lowest BCUT2D eigenvalue weighted by molar-refractivity contribution is 0.122. The second-order valence-electron chi connectivity index (χ2n) is 4.96. The van der Waals surface area contributed by atoms with Crippen molar-refractivity contribution in [1.82, 2.24) is 10.2 Å². The van der Waals surface area contributed by atoms with Crippen molar-refractivity contribution < 1.29 is 9.47 Å². The van der Waals surface area contributed by atoms with Crippen LogP contribution in [-0.4, -0.2) is 48.9 Å². The SMILES string of the molecule is Clc1cccc(OCCCSc2nnc(N3CCOCC3)s2)c1. The van der Waals surface area contributed by atoms with Gasteiger partial charge in [0.2, 0.25) is 5.13 Å². The Balaban J connectivity index is 1.36. The molecule has 0 aliphatic carbocycles. The molecule has 1 aliphatic heterocycles. The Bertz CT molecular complexity index is 620. The number of morpholine rings is 1. The van der Waals surface area contributed by atoms with E-state index in [1.54, 1.807) is 23.1 Å². The summed E-state index contributed by atoms with van der Waals surface area (Å²) in [6, 6.07) is 7.47. The molecule has 1 aromatic carbocycles. The summed E-state index contributed by atoms with van der Waals surface area (Å²) in [4.78, 5) is 2.23. The van der Waals surface area contributed by atoms with Gasteiger partial charge in [0.1, 0.15) is 5.75 Å². The summed E-state index contributed by atoms with van der Waals surface area (Å²) in [5.41, 5.74) is 0. The van der Waals surface area contributed by atoms with Crippen LogP contribution in [0.4, 0.5) is 5.13 Å². The van der Waals surface area contributed by atoms with Gasteiger partial charge < -0.3 is 14.4 Å². The molecule has 2 heterocycles. The second-order valence-corrected chi connectivity index (χ2v) is 7.69. The van der Waals surface area contributed by atoms with E-state index in [0.717, 1.165) is 53.7 Å². The molecule has 1 saturated heterocycles. The van der Waals surface area contributed by atoms with Gasteiger partial charge in [-0.1, -0.05) is 40.8 Å². The topological polar surface area (TPSA) is 47.5 Å². The summed E-state index contributed by atoms with van der Waals surface area (Å²) in [7, 11) is 0. The van der Waals surface area contributed by atoms with E-state index in [0.29, 0.717) is 11.6 Å².